The second-order valence-corrected chi connectivity index (χ2v) is 8.11. The van der Waals surface area contributed by atoms with E-state index in [0.717, 1.165) is 22.0 Å². The van der Waals surface area contributed by atoms with Crippen molar-refractivity contribution in [2.24, 2.45) is 0 Å². The lowest BCUT2D eigenvalue weighted by Crippen LogP contribution is -2.27. The van der Waals surface area contributed by atoms with Gasteiger partial charge in [-0.15, -0.1) is 11.3 Å². The third-order valence-corrected chi connectivity index (χ3v) is 6.13. The van der Waals surface area contributed by atoms with Gasteiger partial charge in [-0.25, -0.2) is 0 Å². The molecule has 0 atom stereocenters. The summed E-state index contributed by atoms with van der Waals surface area (Å²) in [5.74, 6) is 2.05. The minimum atomic E-state index is -0.143. The van der Waals surface area contributed by atoms with Crippen LogP contribution in [0.3, 0.4) is 0 Å². The van der Waals surface area contributed by atoms with E-state index in [2.05, 4.69) is 10.2 Å². The van der Waals surface area contributed by atoms with Gasteiger partial charge >= 0.3 is 0 Å². The molecule has 8 heteroatoms. The summed E-state index contributed by atoms with van der Waals surface area (Å²) in [5.41, 5.74) is 1.75. The van der Waals surface area contributed by atoms with Crippen molar-refractivity contribution in [1.29, 1.82) is 0 Å². The van der Waals surface area contributed by atoms with Crippen LogP contribution in [0.1, 0.15) is 15.2 Å². The maximum atomic E-state index is 12.7. The zero-order valence-electron chi connectivity index (χ0n) is 16.6. The lowest BCUT2D eigenvalue weighted by atomic mass is 10.2. The van der Waals surface area contributed by atoms with Crippen LogP contribution < -0.4 is 24.4 Å². The maximum absolute atomic E-state index is 12.7. The molecule has 1 aromatic heterocycles. The number of nitrogens with one attached hydrogen (secondary N) is 1. The van der Waals surface area contributed by atoms with Gasteiger partial charge in [0.25, 0.3) is 5.91 Å². The fourth-order valence-corrected chi connectivity index (χ4v) is 4.43. The Balaban J connectivity index is 1.49. The summed E-state index contributed by atoms with van der Waals surface area (Å²) in [6, 6.07) is 14.8. The van der Waals surface area contributed by atoms with E-state index in [0.29, 0.717) is 41.1 Å². The molecule has 0 saturated carbocycles. The number of ether oxygens (including phenoxy) is 3. The second kappa shape index (κ2) is 8.85. The quantitative estimate of drug-likeness (QED) is 0.587. The van der Waals surface area contributed by atoms with Crippen LogP contribution in [0.25, 0.3) is 0 Å². The van der Waals surface area contributed by atoms with E-state index in [1.54, 1.807) is 14.2 Å². The smallest absolute Gasteiger partial charge is 0.261 e. The van der Waals surface area contributed by atoms with Crippen LogP contribution in [-0.4, -0.2) is 33.3 Å². The molecule has 0 radical (unpaired) electrons. The van der Waals surface area contributed by atoms with Crippen molar-refractivity contribution in [2.45, 2.75) is 6.54 Å². The number of benzene rings is 2. The predicted molar refractivity (Wildman–Crippen MR) is 119 cm³/mol. The van der Waals surface area contributed by atoms with Crippen LogP contribution in [0.2, 0.25) is 5.02 Å². The summed E-state index contributed by atoms with van der Waals surface area (Å²) in [6.45, 7) is 1.60. The molecule has 1 N–H and O–H groups in total. The molecule has 3 aromatic rings. The summed E-state index contributed by atoms with van der Waals surface area (Å²) in [7, 11) is 3.21. The number of methoxy groups -OCH3 is 2. The summed E-state index contributed by atoms with van der Waals surface area (Å²) >= 11 is 7.60. The number of rotatable bonds is 6. The molecule has 0 unspecified atom stereocenters. The Kier molecular flexibility index (Phi) is 6.01. The van der Waals surface area contributed by atoms with E-state index in [1.807, 2.05) is 48.5 Å². The molecule has 0 spiro atoms. The molecular formula is C22H21ClN2O4S. The van der Waals surface area contributed by atoms with Crippen molar-refractivity contribution in [1.82, 2.24) is 5.32 Å². The third kappa shape index (κ3) is 4.17. The van der Waals surface area contributed by atoms with Crippen molar-refractivity contribution in [3.63, 3.8) is 0 Å². The molecular weight excluding hydrogens is 424 g/mol. The molecule has 0 fully saturated rings. The monoisotopic (exact) mass is 444 g/mol. The number of nitrogens with zero attached hydrogens (tertiary/aromatic N) is 1. The Morgan fingerprint density at radius 3 is 2.83 bits per heavy atom. The number of carbonyl (C=O) groups is 1. The highest BCUT2D eigenvalue weighted by Crippen LogP contribution is 2.40. The van der Waals surface area contributed by atoms with E-state index in [1.165, 1.54) is 11.3 Å². The minimum absolute atomic E-state index is 0.143. The Morgan fingerprint density at radius 2 is 2.03 bits per heavy atom. The number of amides is 1. The molecule has 1 aliphatic heterocycles. The first kappa shape index (κ1) is 20.4. The summed E-state index contributed by atoms with van der Waals surface area (Å²) in [5, 5.41) is 4.57. The van der Waals surface area contributed by atoms with E-state index < -0.39 is 0 Å². The average Bonchev–Trinajstić information content (AvgIpc) is 3.27. The Morgan fingerprint density at radius 1 is 1.17 bits per heavy atom. The van der Waals surface area contributed by atoms with Gasteiger partial charge in [-0.05, 0) is 48.5 Å². The van der Waals surface area contributed by atoms with Gasteiger partial charge in [0.1, 0.15) is 23.9 Å². The van der Waals surface area contributed by atoms with Gasteiger partial charge < -0.3 is 24.4 Å². The largest absolute Gasteiger partial charge is 0.497 e. The van der Waals surface area contributed by atoms with Crippen molar-refractivity contribution in [3.8, 4) is 17.2 Å². The van der Waals surface area contributed by atoms with E-state index >= 15 is 0 Å². The first-order valence-corrected chi connectivity index (χ1v) is 10.6. The van der Waals surface area contributed by atoms with Gasteiger partial charge in [0.15, 0.2) is 0 Å². The minimum Gasteiger partial charge on any atom is -0.497 e. The van der Waals surface area contributed by atoms with Crippen LogP contribution in [-0.2, 0) is 6.54 Å². The number of fused-ring (bicyclic) bond motifs is 1. The molecule has 1 aliphatic rings. The summed E-state index contributed by atoms with van der Waals surface area (Å²) in [6.07, 6.45) is 0. The van der Waals surface area contributed by atoms with Crippen molar-refractivity contribution in [3.05, 3.63) is 64.0 Å². The maximum Gasteiger partial charge on any atom is 0.261 e. The number of hydrogen-bond acceptors (Lipinski definition) is 6. The first-order chi connectivity index (χ1) is 14.6. The molecule has 0 aliphatic carbocycles. The molecule has 6 nitrogen and oxygen atoms in total. The Bertz CT molecular complexity index is 1070. The number of carbonyl (C=O) groups excluding carboxylic acids is 1. The van der Waals surface area contributed by atoms with Crippen molar-refractivity contribution in [2.75, 3.05) is 32.3 Å². The van der Waals surface area contributed by atoms with Gasteiger partial charge in [0.05, 0.1) is 36.3 Å². The zero-order valence-corrected chi connectivity index (χ0v) is 18.2. The average molecular weight is 445 g/mol. The molecule has 30 heavy (non-hydrogen) atoms. The Labute approximate surface area is 183 Å². The molecule has 2 heterocycles. The van der Waals surface area contributed by atoms with Crippen LogP contribution in [0.5, 0.6) is 17.2 Å². The van der Waals surface area contributed by atoms with Crippen LogP contribution in [0, 0.1) is 0 Å². The molecule has 1 amide bonds. The van der Waals surface area contributed by atoms with Gasteiger partial charge in [-0.3, -0.25) is 4.79 Å². The van der Waals surface area contributed by atoms with Gasteiger partial charge in [-0.1, -0.05) is 11.6 Å². The number of hydrogen-bond donors (Lipinski definition) is 1. The van der Waals surface area contributed by atoms with Crippen LogP contribution in [0.15, 0.2) is 48.5 Å². The Hall–Kier alpha value is -2.90. The fraction of sp³-hybridized carbons (Fsp3) is 0.227. The molecule has 4 rings (SSSR count). The van der Waals surface area contributed by atoms with E-state index in [-0.39, 0.29) is 5.91 Å². The SMILES string of the molecule is COc1ccc(OC)c(CNC(=O)c2ccc(N3CCOc4ccc(Cl)cc43)s2)c1. The number of anilines is 2. The van der Waals surface area contributed by atoms with Gasteiger partial charge in [0, 0.05) is 17.1 Å². The lowest BCUT2D eigenvalue weighted by Gasteiger charge is -2.30. The fourth-order valence-electron chi connectivity index (χ4n) is 3.30. The van der Waals surface area contributed by atoms with Gasteiger partial charge in [-0.2, -0.15) is 0 Å². The molecule has 0 bridgehead atoms. The van der Waals surface area contributed by atoms with E-state index in [9.17, 15) is 4.79 Å². The topological polar surface area (TPSA) is 60.0 Å². The number of thiophene rings is 1. The van der Waals surface area contributed by atoms with Crippen molar-refractivity contribution < 1.29 is 19.0 Å². The normalized spacial score (nSPS) is 12.7. The third-order valence-electron chi connectivity index (χ3n) is 4.79. The standard InChI is InChI=1S/C22H21ClN2O4S/c1-27-16-4-6-18(28-2)14(11-16)13-24-22(26)20-7-8-21(30-20)25-9-10-29-19-5-3-15(23)12-17(19)25/h3-8,11-12H,9-10,13H2,1-2H3,(H,24,26). The number of halogens is 1. The summed E-state index contributed by atoms with van der Waals surface area (Å²) in [4.78, 5) is 15.5. The first-order valence-electron chi connectivity index (χ1n) is 9.38. The highest BCUT2D eigenvalue weighted by molar-refractivity contribution is 7.18. The van der Waals surface area contributed by atoms with Crippen LogP contribution in [0.4, 0.5) is 10.7 Å². The second-order valence-electron chi connectivity index (χ2n) is 6.61. The molecule has 156 valence electrons. The van der Waals surface area contributed by atoms with Crippen molar-refractivity contribution >= 4 is 39.5 Å². The zero-order chi connectivity index (χ0) is 21.1. The molecule has 2 aromatic carbocycles. The van der Waals surface area contributed by atoms with E-state index in [4.69, 9.17) is 25.8 Å². The van der Waals surface area contributed by atoms with Gasteiger partial charge in [0.2, 0.25) is 0 Å². The summed E-state index contributed by atoms with van der Waals surface area (Å²) < 4.78 is 16.4. The van der Waals surface area contributed by atoms with Crippen LogP contribution >= 0.6 is 22.9 Å². The predicted octanol–water partition coefficient (Wildman–Crippen LogP) is 4.88. The molecule has 0 saturated heterocycles. The highest BCUT2D eigenvalue weighted by atomic mass is 35.5. The lowest BCUT2D eigenvalue weighted by molar-refractivity contribution is 0.0954. The highest BCUT2D eigenvalue weighted by Gasteiger charge is 2.22.